The summed E-state index contributed by atoms with van der Waals surface area (Å²) in [5, 5.41) is 3.56. The fourth-order valence-electron chi connectivity index (χ4n) is 2.43. The molecule has 18 heavy (non-hydrogen) atoms. The van der Waals surface area contributed by atoms with E-state index in [1.54, 1.807) is 0 Å². The van der Waals surface area contributed by atoms with Crippen LogP contribution in [0.1, 0.15) is 31.8 Å². The van der Waals surface area contributed by atoms with E-state index in [-0.39, 0.29) is 0 Å². The quantitative estimate of drug-likeness (QED) is 0.902. The maximum Gasteiger partial charge on any atom is 0.160 e. The molecule has 5 heteroatoms. The minimum absolute atomic E-state index is 0.348. The van der Waals surface area contributed by atoms with Gasteiger partial charge in [0, 0.05) is 30.3 Å². The van der Waals surface area contributed by atoms with Crippen LogP contribution >= 0.6 is 11.8 Å². The molecule has 1 aliphatic heterocycles. The van der Waals surface area contributed by atoms with E-state index in [2.05, 4.69) is 28.7 Å². The summed E-state index contributed by atoms with van der Waals surface area (Å²) >= 11 is 1.99. The molecule has 0 aliphatic carbocycles. The highest BCUT2D eigenvalue weighted by atomic mass is 32.2. The third-order valence-electron chi connectivity index (χ3n) is 3.23. The van der Waals surface area contributed by atoms with E-state index in [0.717, 1.165) is 29.3 Å². The van der Waals surface area contributed by atoms with Gasteiger partial charge in [-0.1, -0.05) is 0 Å². The van der Waals surface area contributed by atoms with Gasteiger partial charge < -0.3 is 9.88 Å². The Kier molecular flexibility index (Phi) is 3.26. The normalized spacial score (nSPS) is 20.7. The lowest BCUT2D eigenvalue weighted by molar-refractivity contribution is 0.500. The van der Waals surface area contributed by atoms with Crippen molar-refractivity contribution in [2.24, 2.45) is 0 Å². The number of hydrogen-bond acceptors (Lipinski definition) is 4. The molecule has 0 spiro atoms. The van der Waals surface area contributed by atoms with Crippen molar-refractivity contribution in [1.29, 1.82) is 0 Å². The maximum absolute atomic E-state index is 4.78. The zero-order chi connectivity index (χ0) is 12.5. The second kappa shape index (κ2) is 4.90. The molecule has 4 nitrogen and oxygen atoms in total. The Morgan fingerprint density at radius 1 is 1.50 bits per heavy atom. The summed E-state index contributed by atoms with van der Waals surface area (Å²) in [5.41, 5.74) is 2.00. The van der Waals surface area contributed by atoms with E-state index < -0.39 is 0 Å². The van der Waals surface area contributed by atoms with Crippen LogP contribution in [0, 0.1) is 0 Å². The van der Waals surface area contributed by atoms with Crippen LogP contribution in [-0.2, 0) is 0 Å². The summed E-state index contributed by atoms with van der Waals surface area (Å²) in [6.07, 6.45) is 1.84. The Hall–Kier alpha value is -1.07. The number of thioether (sulfide) groups is 1. The van der Waals surface area contributed by atoms with E-state index in [0.29, 0.717) is 12.1 Å². The van der Waals surface area contributed by atoms with Gasteiger partial charge in [0.05, 0.1) is 6.04 Å². The number of aromatic nitrogens is 3. The number of imidazole rings is 1. The average Bonchev–Trinajstić information content (AvgIpc) is 2.79. The van der Waals surface area contributed by atoms with Gasteiger partial charge in [0.2, 0.25) is 0 Å². The average molecular weight is 262 g/mol. The number of fused-ring (bicyclic) bond motifs is 1. The summed E-state index contributed by atoms with van der Waals surface area (Å²) in [7, 11) is 0. The summed E-state index contributed by atoms with van der Waals surface area (Å²) in [6, 6.07) is 4.72. The molecule has 3 heterocycles. The summed E-state index contributed by atoms with van der Waals surface area (Å²) in [6.45, 7) is 5.44. The Morgan fingerprint density at radius 2 is 2.39 bits per heavy atom. The summed E-state index contributed by atoms with van der Waals surface area (Å²) in [5.74, 6) is 3.41. The zero-order valence-electron chi connectivity index (χ0n) is 10.8. The van der Waals surface area contributed by atoms with Crippen molar-refractivity contribution < 1.29 is 0 Å². The second-order valence-electron chi connectivity index (χ2n) is 4.86. The van der Waals surface area contributed by atoms with Gasteiger partial charge in [-0.05, 0) is 26.0 Å². The number of rotatable bonds is 2. The van der Waals surface area contributed by atoms with E-state index in [1.807, 2.05) is 30.1 Å². The first kappa shape index (κ1) is 12.0. The molecule has 0 radical (unpaired) electrons. The standard InChI is InChI=1S/C13H18N4S/c1-9(2)17-12-10(4-3-5-15-12)16-13(17)11-8-18-7-6-14-11/h3-5,9,11,14H,6-8H2,1-2H3. The highest BCUT2D eigenvalue weighted by Crippen LogP contribution is 2.27. The minimum Gasteiger partial charge on any atom is -0.309 e. The van der Waals surface area contributed by atoms with Crippen LogP contribution in [0.3, 0.4) is 0 Å². The molecule has 2 aromatic rings. The van der Waals surface area contributed by atoms with Gasteiger partial charge in [0.25, 0.3) is 0 Å². The van der Waals surface area contributed by atoms with Gasteiger partial charge in [-0.25, -0.2) is 9.97 Å². The number of pyridine rings is 1. The first-order valence-corrected chi connectivity index (χ1v) is 7.57. The van der Waals surface area contributed by atoms with Crippen molar-refractivity contribution in [3.63, 3.8) is 0 Å². The third kappa shape index (κ3) is 2.01. The Bertz CT molecular complexity index is 543. The van der Waals surface area contributed by atoms with Crippen LogP contribution in [0.5, 0.6) is 0 Å². The summed E-state index contributed by atoms with van der Waals surface area (Å²) < 4.78 is 2.26. The fraction of sp³-hybridized carbons (Fsp3) is 0.538. The van der Waals surface area contributed by atoms with Crippen molar-refractivity contribution in [2.75, 3.05) is 18.1 Å². The van der Waals surface area contributed by atoms with Crippen LogP contribution in [-0.4, -0.2) is 32.6 Å². The molecule has 0 aromatic carbocycles. The van der Waals surface area contributed by atoms with E-state index in [9.17, 15) is 0 Å². The van der Waals surface area contributed by atoms with Crippen LogP contribution in [0.4, 0.5) is 0 Å². The monoisotopic (exact) mass is 262 g/mol. The first-order chi connectivity index (χ1) is 8.77. The molecule has 1 atom stereocenters. The number of nitrogens with one attached hydrogen (secondary N) is 1. The van der Waals surface area contributed by atoms with Gasteiger partial charge in [-0.15, -0.1) is 0 Å². The third-order valence-corrected chi connectivity index (χ3v) is 4.29. The highest BCUT2D eigenvalue weighted by molar-refractivity contribution is 7.99. The van der Waals surface area contributed by atoms with Gasteiger partial charge >= 0.3 is 0 Å². The van der Waals surface area contributed by atoms with Gasteiger partial charge in [-0.3, -0.25) is 0 Å². The predicted octanol–water partition coefficient (Wildman–Crippen LogP) is 2.39. The predicted molar refractivity (Wildman–Crippen MR) is 76.0 cm³/mol. The van der Waals surface area contributed by atoms with Crippen LogP contribution in [0.25, 0.3) is 11.2 Å². The highest BCUT2D eigenvalue weighted by Gasteiger charge is 2.23. The van der Waals surface area contributed by atoms with Gasteiger partial charge in [-0.2, -0.15) is 11.8 Å². The van der Waals surface area contributed by atoms with Crippen molar-refractivity contribution in [2.45, 2.75) is 25.9 Å². The largest absolute Gasteiger partial charge is 0.309 e. The molecule has 0 amide bonds. The van der Waals surface area contributed by atoms with Crippen molar-refractivity contribution in [1.82, 2.24) is 19.9 Å². The van der Waals surface area contributed by atoms with Crippen LogP contribution in [0.15, 0.2) is 18.3 Å². The SMILES string of the molecule is CC(C)n1c(C2CSCCN2)nc2cccnc21. The topological polar surface area (TPSA) is 42.7 Å². The molecule has 1 unspecified atom stereocenters. The molecule has 3 rings (SSSR count). The molecular weight excluding hydrogens is 244 g/mol. The van der Waals surface area contributed by atoms with E-state index >= 15 is 0 Å². The molecule has 96 valence electrons. The second-order valence-corrected chi connectivity index (χ2v) is 6.01. The molecule has 1 saturated heterocycles. The lowest BCUT2D eigenvalue weighted by atomic mass is 10.2. The van der Waals surface area contributed by atoms with Gasteiger partial charge in [0.1, 0.15) is 11.3 Å². The smallest absolute Gasteiger partial charge is 0.160 e. The Morgan fingerprint density at radius 3 is 3.11 bits per heavy atom. The lowest BCUT2D eigenvalue weighted by Crippen LogP contribution is -2.32. The first-order valence-electron chi connectivity index (χ1n) is 6.41. The van der Waals surface area contributed by atoms with Gasteiger partial charge in [0.15, 0.2) is 5.65 Å². The number of nitrogens with zero attached hydrogens (tertiary/aromatic N) is 3. The molecule has 1 N–H and O–H groups in total. The molecule has 0 bridgehead atoms. The molecule has 2 aromatic heterocycles. The fourth-order valence-corrected chi connectivity index (χ4v) is 3.36. The van der Waals surface area contributed by atoms with Crippen LogP contribution in [0.2, 0.25) is 0 Å². The lowest BCUT2D eigenvalue weighted by Gasteiger charge is -2.24. The minimum atomic E-state index is 0.348. The van der Waals surface area contributed by atoms with Crippen molar-refractivity contribution >= 4 is 22.9 Å². The van der Waals surface area contributed by atoms with E-state index in [1.165, 1.54) is 5.75 Å². The Balaban J connectivity index is 2.11. The number of hydrogen-bond donors (Lipinski definition) is 1. The summed E-state index contributed by atoms with van der Waals surface area (Å²) in [4.78, 5) is 9.27. The van der Waals surface area contributed by atoms with Crippen molar-refractivity contribution in [3.05, 3.63) is 24.2 Å². The zero-order valence-corrected chi connectivity index (χ0v) is 11.6. The molecule has 0 saturated carbocycles. The molecular formula is C13H18N4S. The Labute approximate surface area is 111 Å². The molecule has 1 aliphatic rings. The van der Waals surface area contributed by atoms with E-state index in [4.69, 9.17) is 4.98 Å². The van der Waals surface area contributed by atoms with Crippen LogP contribution < -0.4 is 5.32 Å². The molecule has 1 fully saturated rings. The maximum atomic E-state index is 4.78. The van der Waals surface area contributed by atoms with Crippen molar-refractivity contribution in [3.8, 4) is 0 Å².